The summed E-state index contributed by atoms with van der Waals surface area (Å²) in [6.45, 7) is 2.67. The van der Waals surface area contributed by atoms with Gasteiger partial charge in [0.25, 0.3) is 0 Å². The molecule has 2 rings (SSSR count). The van der Waals surface area contributed by atoms with E-state index in [9.17, 15) is 32.0 Å². The van der Waals surface area contributed by atoms with E-state index in [1.807, 2.05) is 0 Å². The number of hydrogen-bond donors (Lipinski definition) is 1. The molecule has 0 saturated heterocycles. The van der Waals surface area contributed by atoms with Crippen molar-refractivity contribution in [2.45, 2.75) is 26.1 Å². The van der Waals surface area contributed by atoms with Crippen LogP contribution in [-0.2, 0) is 14.3 Å². The van der Waals surface area contributed by atoms with Crippen molar-refractivity contribution in [1.29, 1.82) is 5.26 Å². The number of allylic oxidation sites excluding steroid dienone is 2. The van der Waals surface area contributed by atoms with Gasteiger partial charge in [-0.15, -0.1) is 13.2 Å². The SMILES string of the molecule is CCOC(=O)C1=C(C)OC(N)=C(C#N)C1c1ccc(F)c(OC(F)(F)F)c1F. The molecule has 1 aromatic carbocycles. The van der Waals surface area contributed by atoms with Crippen LogP contribution in [0.1, 0.15) is 25.3 Å². The van der Waals surface area contributed by atoms with Crippen molar-refractivity contribution in [1.82, 2.24) is 0 Å². The van der Waals surface area contributed by atoms with Crippen LogP contribution in [0.4, 0.5) is 22.0 Å². The highest BCUT2D eigenvalue weighted by Crippen LogP contribution is 2.43. The zero-order valence-electron chi connectivity index (χ0n) is 14.5. The van der Waals surface area contributed by atoms with E-state index in [4.69, 9.17) is 15.2 Å². The number of nitrogens with zero attached hydrogens (tertiary/aromatic N) is 1. The number of esters is 1. The third-order valence-corrected chi connectivity index (χ3v) is 3.71. The van der Waals surface area contributed by atoms with Gasteiger partial charge in [-0.05, 0) is 19.9 Å². The number of ether oxygens (including phenoxy) is 3. The van der Waals surface area contributed by atoms with E-state index in [0.29, 0.717) is 6.07 Å². The summed E-state index contributed by atoms with van der Waals surface area (Å²) < 4.78 is 79.4. The highest BCUT2D eigenvalue weighted by Gasteiger charge is 2.40. The van der Waals surface area contributed by atoms with Gasteiger partial charge in [0.15, 0.2) is 11.6 Å². The number of carbonyl (C=O) groups excluding carboxylic acids is 1. The lowest BCUT2D eigenvalue weighted by atomic mass is 9.82. The van der Waals surface area contributed by atoms with E-state index in [1.165, 1.54) is 13.8 Å². The minimum atomic E-state index is -5.38. The average Bonchev–Trinajstić information content (AvgIpc) is 2.57. The van der Waals surface area contributed by atoms with Crippen LogP contribution in [0.5, 0.6) is 5.75 Å². The lowest BCUT2D eigenvalue weighted by molar-refractivity contribution is -0.276. The summed E-state index contributed by atoms with van der Waals surface area (Å²) in [5.74, 6) is -8.34. The maximum atomic E-state index is 14.8. The lowest BCUT2D eigenvalue weighted by Gasteiger charge is -2.27. The summed E-state index contributed by atoms with van der Waals surface area (Å²) >= 11 is 0. The van der Waals surface area contributed by atoms with Crippen molar-refractivity contribution in [3.05, 3.63) is 52.1 Å². The molecule has 1 unspecified atom stereocenters. The van der Waals surface area contributed by atoms with E-state index in [0.717, 1.165) is 6.07 Å². The predicted molar refractivity (Wildman–Crippen MR) is 83.0 cm³/mol. The van der Waals surface area contributed by atoms with Crippen molar-refractivity contribution in [2.24, 2.45) is 5.73 Å². The molecule has 0 aromatic heterocycles. The lowest BCUT2D eigenvalue weighted by Crippen LogP contribution is -2.26. The van der Waals surface area contributed by atoms with E-state index in [1.54, 1.807) is 6.07 Å². The van der Waals surface area contributed by atoms with Crippen molar-refractivity contribution in [3.63, 3.8) is 0 Å². The van der Waals surface area contributed by atoms with Crippen molar-refractivity contribution < 1.29 is 41.0 Å². The van der Waals surface area contributed by atoms with Gasteiger partial charge >= 0.3 is 12.3 Å². The Bertz CT molecular complexity index is 915. The van der Waals surface area contributed by atoms with Crippen LogP contribution in [0, 0.1) is 23.0 Å². The second kappa shape index (κ2) is 7.75. The summed E-state index contributed by atoms with van der Waals surface area (Å²) in [7, 11) is 0. The van der Waals surface area contributed by atoms with E-state index in [2.05, 4.69) is 4.74 Å². The average molecular weight is 404 g/mol. The summed E-state index contributed by atoms with van der Waals surface area (Å²) in [4.78, 5) is 12.3. The molecule has 1 heterocycles. The van der Waals surface area contributed by atoms with Crippen LogP contribution in [0.2, 0.25) is 0 Å². The fourth-order valence-electron chi connectivity index (χ4n) is 2.65. The number of benzene rings is 1. The molecule has 0 fully saturated rings. The third-order valence-electron chi connectivity index (χ3n) is 3.71. The Morgan fingerprint density at radius 1 is 1.36 bits per heavy atom. The summed E-state index contributed by atoms with van der Waals surface area (Å²) in [5.41, 5.74) is 4.13. The van der Waals surface area contributed by atoms with Gasteiger partial charge < -0.3 is 19.9 Å². The van der Waals surface area contributed by atoms with Crippen LogP contribution in [0.25, 0.3) is 0 Å². The Morgan fingerprint density at radius 3 is 2.54 bits per heavy atom. The van der Waals surface area contributed by atoms with Crippen LogP contribution in [-0.4, -0.2) is 18.9 Å². The van der Waals surface area contributed by atoms with Gasteiger partial charge in [-0.1, -0.05) is 6.07 Å². The van der Waals surface area contributed by atoms with Gasteiger partial charge in [-0.3, -0.25) is 0 Å². The predicted octanol–water partition coefficient (Wildman–Crippen LogP) is 3.51. The minimum absolute atomic E-state index is 0.0856. The molecule has 0 amide bonds. The Morgan fingerprint density at radius 2 is 2.00 bits per heavy atom. The number of alkyl halides is 3. The maximum absolute atomic E-state index is 14.8. The largest absolute Gasteiger partial charge is 0.573 e. The molecule has 2 N–H and O–H groups in total. The highest BCUT2D eigenvalue weighted by atomic mass is 19.4. The molecule has 11 heteroatoms. The molecule has 1 aliphatic heterocycles. The van der Waals surface area contributed by atoms with Gasteiger partial charge in [0.1, 0.15) is 17.4 Å². The molecule has 6 nitrogen and oxygen atoms in total. The third kappa shape index (κ3) is 4.00. The molecule has 0 aliphatic carbocycles. The molecule has 28 heavy (non-hydrogen) atoms. The zero-order valence-corrected chi connectivity index (χ0v) is 14.5. The van der Waals surface area contributed by atoms with Crippen LogP contribution >= 0.6 is 0 Å². The molecule has 1 aromatic rings. The molecule has 150 valence electrons. The number of hydrogen-bond acceptors (Lipinski definition) is 6. The van der Waals surface area contributed by atoms with Gasteiger partial charge in [0, 0.05) is 5.56 Å². The van der Waals surface area contributed by atoms with Gasteiger partial charge in [-0.25, -0.2) is 13.6 Å². The molecule has 0 radical (unpaired) electrons. The number of carbonyl (C=O) groups is 1. The van der Waals surface area contributed by atoms with Crippen LogP contribution < -0.4 is 10.5 Å². The van der Waals surface area contributed by atoms with E-state index >= 15 is 0 Å². The molecule has 1 atom stereocenters. The maximum Gasteiger partial charge on any atom is 0.573 e. The fourth-order valence-corrected chi connectivity index (χ4v) is 2.65. The number of nitriles is 1. The Hall–Kier alpha value is -3.29. The quantitative estimate of drug-likeness (QED) is 0.610. The van der Waals surface area contributed by atoms with E-state index in [-0.39, 0.29) is 17.9 Å². The second-order valence-electron chi connectivity index (χ2n) is 5.44. The topological polar surface area (TPSA) is 94.6 Å². The van der Waals surface area contributed by atoms with Gasteiger partial charge in [-0.2, -0.15) is 5.26 Å². The first kappa shape index (κ1) is 21.0. The minimum Gasteiger partial charge on any atom is -0.463 e. The van der Waals surface area contributed by atoms with E-state index < -0.39 is 52.7 Å². The summed E-state index contributed by atoms with van der Waals surface area (Å²) in [5, 5.41) is 9.36. The highest BCUT2D eigenvalue weighted by molar-refractivity contribution is 5.92. The van der Waals surface area contributed by atoms with Gasteiger partial charge in [0.05, 0.1) is 18.1 Å². The first-order valence-electron chi connectivity index (χ1n) is 7.70. The normalized spacial score (nSPS) is 17.1. The fraction of sp³-hybridized carbons (Fsp3) is 0.294. The first-order valence-corrected chi connectivity index (χ1v) is 7.70. The smallest absolute Gasteiger partial charge is 0.463 e. The molecular weight excluding hydrogens is 391 g/mol. The molecule has 0 saturated carbocycles. The number of rotatable bonds is 4. The monoisotopic (exact) mass is 404 g/mol. The Balaban J connectivity index is 2.73. The summed E-state index contributed by atoms with van der Waals surface area (Å²) in [6, 6.07) is 2.91. The molecule has 1 aliphatic rings. The second-order valence-corrected chi connectivity index (χ2v) is 5.44. The molecule has 0 spiro atoms. The number of nitrogens with two attached hydrogens (primary N) is 1. The van der Waals surface area contributed by atoms with Crippen LogP contribution in [0.3, 0.4) is 0 Å². The number of halogens is 5. The van der Waals surface area contributed by atoms with Crippen molar-refractivity contribution in [3.8, 4) is 11.8 Å². The van der Waals surface area contributed by atoms with Crippen molar-refractivity contribution >= 4 is 5.97 Å². The van der Waals surface area contributed by atoms with Crippen LogP contribution in [0.15, 0.2) is 34.9 Å². The molecule has 0 bridgehead atoms. The Kier molecular flexibility index (Phi) is 5.82. The standard InChI is InChI=1S/C17H13F5N2O4/c1-3-26-16(25)11-7(2)27-15(24)9(6-23)12(11)8-4-5-10(18)14(13(8)19)28-17(20,21)22/h4-5,12H,3,24H2,1-2H3. The Labute approximate surface area is 155 Å². The molecular formula is C17H13F5N2O4. The first-order chi connectivity index (χ1) is 13.0. The summed E-state index contributed by atoms with van der Waals surface area (Å²) in [6.07, 6.45) is -5.38. The van der Waals surface area contributed by atoms with Gasteiger partial charge in [0.2, 0.25) is 11.6 Å². The zero-order chi connectivity index (χ0) is 21.2. The van der Waals surface area contributed by atoms with Crippen molar-refractivity contribution in [2.75, 3.05) is 6.61 Å².